The van der Waals surface area contributed by atoms with Crippen LogP contribution in [0.3, 0.4) is 0 Å². The fraction of sp³-hybridized carbons (Fsp3) is 0.273. The zero-order chi connectivity index (χ0) is 13.9. The van der Waals surface area contributed by atoms with Gasteiger partial charge in [-0.05, 0) is 6.07 Å². The molecule has 0 fully saturated rings. The minimum Gasteiger partial charge on any atom is -0.480 e. The van der Waals surface area contributed by atoms with Crippen LogP contribution in [0.15, 0.2) is 6.07 Å². The lowest BCUT2D eigenvalue weighted by Gasteiger charge is -2.12. The second-order valence-electron chi connectivity index (χ2n) is 3.50. The van der Waals surface area contributed by atoms with Crippen LogP contribution < -0.4 is 5.32 Å². The molecule has 0 saturated heterocycles. The van der Waals surface area contributed by atoms with E-state index >= 15 is 0 Å². The number of rotatable bonds is 4. The third-order valence-corrected chi connectivity index (χ3v) is 3.12. The topological polar surface area (TPSA) is 71.3 Å². The Kier molecular flexibility index (Phi) is 4.65. The number of amides is 1. The molecule has 1 aromatic heterocycles. The number of halogens is 2. The maximum Gasteiger partial charge on any atom is 0.327 e. The first-order chi connectivity index (χ1) is 8.38. The second kappa shape index (κ2) is 5.80. The third-order valence-electron chi connectivity index (χ3n) is 2.27. The Morgan fingerprint density at radius 2 is 2.22 bits per heavy atom. The lowest BCUT2D eigenvalue weighted by Crippen LogP contribution is -2.41. The monoisotopic (exact) mass is 288 g/mol. The van der Waals surface area contributed by atoms with Crippen molar-refractivity contribution in [1.82, 2.24) is 9.88 Å². The highest BCUT2D eigenvalue weighted by atomic mass is 35.5. The zero-order valence-electron chi connectivity index (χ0n) is 9.41. The quantitative estimate of drug-likeness (QED) is 0.826. The number of nitrogens with one attached hydrogen (secondary N) is 1. The van der Waals surface area contributed by atoms with E-state index in [2.05, 4.69) is 11.2 Å². The predicted octanol–water partition coefficient (Wildman–Crippen LogP) is 1.54. The van der Waals surface area contributed by atoms with Crippen molar-refractivity contribution in [2.45, 2.75) is 12.5 Å². The number of hydrogen-bond donors (Lipinski definition) is 2. The minimum atomic E-state index is -1.20. The van der Waals surface area contributed by atoms with Crippen molar-refractivity contribution < 1.29 is 14.7 Å². The van der Waals surface area contributed by atoms with E-state index < -0.39 is 17.9 Å². The summed E-state index contributed by atoms with van der Waals surface area (Å²) in [5.74, 6) is 0.379. The van der Waals surface area contributed by atoms with Gasteiger partial charge >= 0.3 is 5.97 Å². The van der Waals surface area contributed by atoms with Gasteiger partial charge in [-0.2, -0.15) is 0 Å². The summed E-state index contributed by atoms with van der Waals surface area (Å²) < 4.78 is 1.36. The molecule has 0 spiro atoms. The van der Waals surface area contributed by atoms with Crippen LogP contribution in [0.1, 0.15) is 16.9 Å². The summed E-state index contributed by atoms with van der Waals surface area (Å²) in [5, 5.41) is 11.6. The van der Waals surface area contributed by atoms with Gasteiger partial charge in [0.25, 0.3) is 5.91 Å². The first-order valence-corrected chi connectivity index (χ1v) is 5.62. The zero-order valence-corrected chi connectivity index (χ0v) is 10.9. The molecule has 7 heteroatoms. The summed E-state index contributed by atoms with van der Waals surface area (Å²) >= 11 is 11.6. The molecule has 2 N–H and O–H groups in total. The van der Waals surface area contributed by atoms with Crippen molar-refractivity contribution in [2.75, 3.05) is 0 Å². The van der Waals surface area contributed by atoms with E-state index in [9.17, 15) is 9.59 Å². The van der Waals surface area contributed by atoms with Crippen LogP contribution >= 0.6 is 23.2 Å². The number of nitrogens with zero attached hydrogens (tertiary/aromatic N) is 1. The van der Waals surface area contributed by atoms with Crippen molar-refractivity contribution in [3.8, 4) is 12.3 Å². The second-order valence-corrected chi connectivity index (χ2v) is 4.27. The predicted molar refractivity (Wildman–Crippen MR) is 67.8 cm³/mol. The van der Waals surface area contributed by atoms with Gasteiger partial charge in [0.15, 0.2) is 0 Å². The van der Waals surface area contributed by atoms with Crippen molar-refractivity contribution >= 4 is 35.1 Å². The first kappa shape index (κ1) is 14.4. The number of carboxylic acid groups (broad SMARTS) is 1. The highest BCUT2D eigenvalue weighted by Crippen LogP contribution is 2.25. The lowest BCUT2D eigenvalue weighted by atomic mass is 10.2. The Labute approximate surface area is 114 Å². The Balaban J connectivity index is 2.91. The fourth-order valence-corrected chi connectivity index (χ4v) is 1.69. The maximum absolute atomic E-state index is 11.8. The summed E-state index contributed by atoms with van der Waals surface area (Å²) in [6.45, 7) is 0. The van der Waals surface area contributed by atoms with Crippen molar-refractivity contribution in [3.63, 3.8) is 0 Å². The molecule has 5 nitrogen and oxygen atoms in total. The number of aliphatic carboxylic acids is 1. The molecule has 1 unspecified atom stereocenters. The van der Waals surface area contributed by atoms with Gasteiger partial charge in [0.05, 0.1) is 5.02 Å². The number of hydrogen-bond acceptors (Lipinski definition) is 2. The highest BCUT2D eigenvalue weighted by Gasteiger charge is 2.22. The van der Waals surface area contributed by atoms with Gasteiger partial charge in [-0.25, -0.2) is 4.79 Å². The van der Waals surface area contributed by atoms with Gasteiger partial charge in [-0.15, -0.1) is 12.3 Å². The van der Waals surface area contributed by atoms with E-state index in [1.807, 2.05) is 0 Å². The fourth-order valence-electron chi connectivity index (χ4n) is 1.31. The van der Waals surface area contributed by atoms with Gasteiger partial charge < -0.3 is 15.0 Å². The lowest BCUT2D eigenvalue weighted by molar-refractivity contribution is -0.139. The largest absolute Gasteiger partial charge is 0.480 e. The first-order valence-electron chi connectivity index (χ1n) is 4.86. The molecule has 0 aliphatic rings. The summed E-state index contributed by atoms with van der Waals surface area (Å²) in [6, 6.07) is 0.212. The van der Waals surface area contributed by atoms with E-state index in [0.29, 0.717) is 0 Å². The number of carboxylic acids is 1. The van der Waals surface area contributed by atoms with Crippen molar-refractivity contribution in [1.29, 1.82) is 0 Å². The van der Waals surface area contributed by atoms with E-state index in [-0.39, 0.29) is 22.3 Å². The van der Waals surface area contributed by atoms with Gasteiger partial charge in [0.2, 0.25) is 0 Å². The average Bonchev–Trinajstić information content (AvgIpc) is 2.56. The van der Waals surface area contributed by atoms with Crippen LogP contribution in [0.2, 0.25) is 10.2 Å². The number of terminal acetylenes is 1. The normalized spacial score (nSPS) is 11.7. The van der Waals surface area contributed by atoms with E-state index in [1.54, 1.807) is 7.05 Å². The molecule has 0 aromatic carbocycles. The van der Waals surface area contributed by atoms with Crippen LogP contribution in [-0.2, 0) is 11.8 Å². The molecule has 1 amide bonds. The van der Waals surface area contributed by atoms with Crippen LogP contribution in [0, 0.1) is 12.3 Å². The summed E-state index contributed by atoms with van der Waals surface area (Å²) in [5.41, 5.74) is 0.160. The molecule has 96 valence electrons. The van der Waals surface area contributed by atoms with Gasteiger partial charge in [0, 0.05) is 13.5 Å². The Bertz CT molecular complexity index is 531. The Morgan fingerprint density at radius 3 is 2.61 bits per heavy atom. The summed E-state index contributed by atoms with van der Waals surface area (Å²) in [7, 11) is 1.54. The van der Waals surface area contributed by atoms with E-state index in [0.717, 1.165) is 0 Å². The van der Waals surface area contributed by atoms with Crippen LogP contribution in [0.5, 0.6) is 0 Å². The molecular formula is C11H10Cl2N2O3. The number of aromatic nitrogens is 1. The van der Waals surface area contributed by atoms with Crippen molar-refractivity contribution in [3.05, 3.63) is 21.9 Å². The summed E-state index contributed by atoms with van der Waals surface area (Å²) in [4.78, 5) is 22.7. The molecular weight excluding hydrogens is 279 g/mol. The average molecular weight is 289 g/mol. The van der Waals surface area contributed by atoms with Crippen LogP contribution in [-0.4, -0.2) is 27.6 Å². The third kappa shape index (κ3) is 2.97. The molecule has 0 aliphatic heterocycles. The Hall–Kier alpha value is -1.64. The van der Waals surface area contributed by atoms with Crippen LogP contribution in [0.4, 0.5) is 0 Å². The summed E-state index contributed by atoms with van der Waals surface area (Å²) in [6.07, 6.45) is 4.92. The van der Waals surface area contributed by atoms with Gasteiger partial charge in [-0.3, -0.25) is 4.79 Å². The molecule has 1 atom stereocenters. The van der Waals surface area contributed by atoms with Gasteiger partial charge in [-0.1, -0.05) is 23.2 Å². The minimum absolute atomic E-state index is 0.104. The maximum atomic E-state index is 11.8. The number of carbonyl (C=O) groups is 2. The molecule has 0 bridgehead atoms. The van der Waals surface area contributed by atoms with E-state index in [4.69, 9.17) is 34.7 Å². The SMILES string of the molecule is C#CCC(NC(=O)c1cc(Cl)c(Cl)n1C)C(=O)O. The molecule has 0 radical (unpaired) electrons. The molecule has 1 heterocycles. The van der Waals surface area contributed by atoms with Crippen molar-refractivity contribution in [2.24, 2.45) is 7.05 Å². The smallest absolute Gasteiger partial charge is 0.327 e. The number of carbonyl (C=O) groups excluding carboxylic acids is 1. The van der Waals surface area contributed by atoms with E-state index in [1.165, 1.54) is 10.6 Å². The Morgan fingerprint density at radius 1 is 1.61 bits per heavy atom. The molecule has 0 aliphatic carbocycles. The molecule has 1 aromatic rings. The molecule has 1 rings (SSSR count). The molecule has 0 saturated carbocycles. The van der Waals surface area contributed by atoms with Gasteiger partial charge in [0.1, 0.15) is 16.9 Å². The highest BCUT2D eigenvalue weighted by molar-refractivity contribution is 6.41. The molecule has 18 heavy (non-hydrogen) atoms. The van der Waals surface area contributed by atoms with Crippen LogP contribution in [0.25, 0.3) is 0 Å². The standard InChI is InChI=1S/C11H10Cl2N2O3/c1-3-4-7(11(17)18)14-10(16)8-5-6(12)9(13)15(8)2/h1,5,7H,4H2,2H3,(H,14,16)(H,17,18).